The Labute approximate surface area is 87.4 Å². The highest BCUT2D eigenvalue weighted by atomic mass is 31.1. The molecule has 3 nitrogen and oxygen atoms in total. The van der Waals surface area contributed by atoms with Crippen LogP contribution in [0.2, 0.25) is 0 Å². The molecule has 0 spiro atoms. The first kappa shape index (κ1) is 13.6. The normalized spacial score (nSPS) is 12.0. The minimum Gasteiger partial charge on any atom is -0.238 e. The lowest BCUT2D eigenvalue weighted by Gasteiger charge is -1.90. The topological polar surface area (TPSA) is 35.5 Å². The summed E-state index contributed by atoms with van der Waals surface area (Å²) in [6.45, 7) is 4.71. The van der Waals surface area contributed by atoms with E-state index in [1.807, 2.05) is 6.08 Å². The SMILES string of the molecule is CCCC=CO[P+](=O)OCCCCC. The van der Waals surface area contributed by atoms with Gasteiger partial charge in [-0.05, 0) is 18.9 Å². The maximum atomic E-state index is 11.0. The third-order valence-corrected chi connectivity index (χ3v) is 2.33. The molecule has 0 saturated carbocycles. The molecule has 0 amide bonds. The molecule has 0 N–H and O–H groups in total. The van der Waals surface area contributed by atoms with Crippen LogP contribution in [-0.2, 0) is 13.6 Å². The van der Waals surface area contributed by atoms with E-state index in [9.17, 15) is 4.57 Å². The zero-order valence-corrected chi connectivity index (χ0v) is 9.96. The molecule has 0 saturated heterocycles. The van der Waals surface area contributed by atoms with Gasteiger partial charge in [0, 0.05) is 4.57 Å². The smallest absolute Gasteiger partial charge is 0.238 e. The van der Waals surface area contributed by atoms with Crippen molar-refractivity contribution >= 4 is 8.25 Å². The van der Waals surface area contributed by atoms with Gasteiger partial charge in [-0.2, -0.15) is 0 Å². The van der Waals surface area contributed by atoms with Crippen molar-refractivity contribution in [2.75, 3.05) is 6.61 Å². The number of unbranched alkanes of at least 4 members (excludes halogenated alkanes) is 3. The van der Waals surface area contributed by atoms with Gasteiger partial charge in [0.1, 0.15) is 12.9 Å². The summed E-state index contributed by atoms with van der Waals surface area (Å²) in [4.78, 5) is 0. The van der Waals surface area contributed by atoms with E-state index in [-0.39, 0.29) is 0 Å². The molecule has 0 aliphatic rings. The lowest BCUT2D eigenvalue weighted by Crippen LogP contribution is -1.86. The Kier molecular flexibility index (Phi) is 10.4. The molecular formula is C10H20O3P+. The Morgan fingerprint density at radius 3 is 2.64 bits per heavy atom. The van der Waals surface area contributed by atoms with E-state index < -0.39 is 8.25 Å². The molecule has 0 rings (SSSR count). The van der Waals surface area contributed by atoms with Gasteiger partial charge in [-0.1, -0.05) is 33.1 Å². The Morgan fingerprint density at radius 2 is 2.00 bits per heavy atom. The van der Waals surface area contributed by atoms with E-state index in [1.54, 1.807) is 0 Å². The standard InChI is InChI=1S/C10H20O3P/c1-3-5-7-9-12-14(11)13-10-8-6-4-2/h7,9H,3-6,8,10H2,1-2H3/q+1. The quantitative estimate of drug-likeness (QED) is 0.331. The van der Waals surface area contributed by atoms with Crippen LogP contribution >= 0.6 is 8.25 Å². The largest absolute Gasteiger partial charge is 0.749 e. The van der Waals surface area contributed by atoms with Gasteiger partial charge in [0.05, 0.1) is 0 Å². The average molecular weight is 219 g/mol. The van der Waals surface area contributed by atoms with Crippen molar-refractivity contribution in [2.45, 2.75) is 46.0 Å². The summed E-state index contributed by atoms with van der Waals surface area (Å²) in [6, 6.07) is 0. The molecule has 0 aromatic rings. The molecular weight excluding hydrogens is 199 g/mol. The maximum absolute atomic E-state index is 11.0. The molecule has 0 fully saturated rings. The van der Waals surface area contributed by atoms with Crippen LogP contribution in [0.5, 0.6) is 0 Å². The summed E-state index contributed by atoms with van der Waals surface area (Å²) in [5.74, 6) is 0. The number of allylic oxidation sites excluding steroid dienone is 1. The van der Waals surface area contributed by atoms with Gasteiger partial charge in [-0.25, -0.2) is 4.52 Å². The highest BCUT2D eigenvalue weighted by molar-refractivity contribution is 7.33. The molecule has 0 radical (unpaired) electrons. The predicted octanol–water partition coefficient (Wildman–Crippen LogP) is 4.18. The average Bonchev–Trinajstić information content (AvgIpc) is 2.19. The van der Waals surface area contributed by atoms with E-state index in [0.717, 1.165) is 32.1 Å². The van der Waals surface area contributed by atoms with Crippen LogP contribution in [0.15, 0.2) is 12.3 Å². The van der Waals surface area contributed by atoms with Crippen molar-refractivity contribution in [3.05, 3.63) is 12.3 Å². The molecule has 0 aromatic carbocycles. The van der Waals surface area contributed by atoms with Crippen molar-refractivity contribution in [3.8, 4) is 0 Å². The minimum atomic E-state index is -1.95. The Hall–Kier alpha value is -0.400. The summed E-state index contributed by atoms with van der Waals surface area (Å²) in [6.07, 6.45) is 8.50. The summed E-state index contributed by atoms with van der Waals surface area (Å²) in [5, 5.41) is 0. The van der Waals surface area contributed by atoms with Crippen LogP contribution in [-0.4, -0.2) is 6.61 Å². The molecule has 0 bridgehead atoms. The zero-order valence-electron chi connectivity index (χ0n) is 9.07. The van der Waals surface area contributed by atoms with Crippen LogP contribution in [0, 0.1) is 0 Å². The molecule has 4 heteroatoms. The molecule has 1 unspecified atom stereocenters. The van der Waals surface area contributed by atoms with Gasteiger partial charge in [-0.3, -0.25) is 0 Å². The first-order chi connectivity index (χ1) is 6.81. The van der Waals surface area contributed by atoms with Crippen molar-refractivity contribution in [2.24, 2.45) is 0 Å². The second-order valence-corrected chi connectivity index (χ2v) is 3.95. The third kappa shape index (κ3) is 9.69. The van der Waals surface area contributed by atoms with Crippen LogP contribution in [0.25, 0.3) is 0 Å². The fourth-order valence-electron chi connectivity index (χ4n) is 0.849. The fraction of sp³-hybridized carbons (Fsp3) is 0.800. The molecule has 82 valence electrons. The van der Waals surface area contributed by atoms with Crippen LogP contribution < -0.4 is 0 Å². The molecule has 14 heavy (non-hydrogen) atoms. The summed E-state index contributed by atoms with van der Waals surface area (Å²) >= 11 is 0. The van der Waals surface area contributed by atoms with Gasteiger partial charge in [0.2, 0.25) is 0 Å². The van der Waals surface area contributed by atoms with Gasteiger partial charge < -0.3 is 0 Å². The van der Waals surface area contributed by atoms with Crippen LogP contribution in [0.4, 0.5) is 0 Å². The molecule has 0 aromatic heterocycles. The predicted molar refractivity (Wildman–Crippen MR) is 58.2 cm³/mol. The summed E-state index contributed by atoms with van der Waals surface area (Å²) in [5.41, 5.74) is 0. The molecule has 0 heterocycles. The molecule has 1 atom stereocenters. The second-order valence-electron chi connectivity index (χ2n) is 3.03. The molecule has 0 aliphatic heterocycles. The van der Waals surface area contributed by atoms with Crippen molar-refractivity contribution < 1.29 is 13.6 Å². The summed E-state index contributed by atoms with van der Waals surface area (Å²) < 4.78 is 20.8. The van der Waals surface area contributed by atoms with E-state index in [4.69, 9.17) is 9.05 Å². The van der Waals surface area contributed by atoms with Crippen molar-refractivity contribution in [1.82, 2.24) is 0 Å². The second kappa shape index (κ2) is 10.7. The van der Waals surface area contributed by atoms with Crippen LogP contribution in [0.1, 0.15) is 46.0 Å². The van der Waals surface area contributed by atoms with Gasteiger partial charge in [0.25, 0.3) is 0 Å². The number of rotatable bonds is 9. The fourth-order valence-corrected chi connectivity index (χ4v) is 1.37. The van der Waals surface area contributed by atoms with E-state index in [0.29, 0.717) is 6.61 Å². The van der Waals surface area contributed by atoms with E-state index in [2.05, 4.69) is 13.8 Å². The van der Waals surface area contributed by atoms with Gasteiger partial charge in [0.15, 0.2) is 0 Å². The maximum Gasteiger partial charge on any atom is 0.749 e. The van der Waals surface area contributed by atoms with Crippen molar-refractivity contribution in [3.63, 3.8) is 0 Å². The van der Waals surface area contributed by atoms with Gasteiger partial charge in [-0.15, -0.1) is 4.52 Å². The van der Waals surface area contributed by atoms with Crippen molar-refractivity contribution in [1.29, 1.82) is 0 Å². The van der Waals surface area contributed by atoms with Crippen LogP contribution in [0.3, 0.4) is 0 Å². The number of hydrogen-bond acceptors (Lipinski definition) is 3. The highest BCUT2D eigenvalue weighted by Gasteiger charge is 2.17. The van der Waals surface area contributed by atoms with E-state index >= 15 is 0 Å². The number of hydrogen-bond donors (Lipinski definition) is 0. The summed E-state index contributed by atoms with van der Waals surface area (Å²) in [7, 11) is -1.95. The highest BCUT2D eigenvalue weighted by Crippen LogP contribution is 2.24. The lowest BCUT2D eigenvalue weighted by atomic mass is 10.3. The first-order valence-corrected chi connectivity index (χ1v) is 6.32. The zero-order chi connectivity index (χ0) is 10.6. The molecule has 0 aliphatic carbocycles. The first-order valence-electron chi connectivity index (χ1n) is 5.23. The Morgan fingerprint density at radius 1 is 1.21 bits per heavy atom. The Bertz CT molecular complexity index is 169. The Balaban J connectivity index is 3.28. The lowest BCUT2D eigenvalue weighted by molar-refractivity contribution is 0.265. The van der Waals surface area contributed by atoms with Gasteiger partial charge >= 0.3 is 8.25 Å². The monoisotopic (exact) mass is 219 g/mol. The third-order valence-electron chi connectivity index (χ3n) is 1.64. The minimum absolute atomic E-state index is 0.519. The van der Waals surface area contributed by atoms with E-state index in [1.165, 1.54) is 6.26 Å².